The molecule has 3 nitrogen and oxygen atoms in total. The fraction of sp³-hybridized carbons (Fsp3) is 0. The predicted octanol–water partition coefficient (Wildman–Crippen LogP) is 1.35. The number of oxazole rings is 1. The highest BCUT2D eigenvalue weighted by molar-refractivity contribution is 5.71. The van der Waals surface area contributed by atoms with Crippen LogP contribution in [0.3, 0.4) is 0 Å². The Bertz CT molecular complexity index is 299. The minimum atomic E-state index is 0.789. The first-order valence-electron chi connectivity index (χ1n) is 2.92. The summed E-state index contributed by atoms with van der Waals surface area (Å²) in [5.41, 5.74) is 1.65. The lowest BCUT2D eigenvalue weighted by atomic mass is 10.3. The number of hydrogen-bond donors (Lipinski definition) is 0. The molecule has 0 bridgehead atoms. The summed E-state index contributed by atoms with van der Waals surface area (Å²) in [6.07, 6.45) is 2.41. The van der Waals surface area contributed by atoms with Gasteiger partial charge in [0, 0.05) is 0 Å². The van der Waals surface area contributed by atoms with Crippen molar-refractivity contribution in [2.45, 2.75) is 0 Å². The summed E-state index contributed by atoms with van der Waals surface area (Å²) in [5, 5.41) is 0. The van der Waals surface area contributed by atoms with Gasteiger partial charge in [0.05, 0.1) is 0 Å². The molecule has 1 aromatic carbocycles. The summed E-state index contributed by atoms with van der Waals surface area (Å²) in [6.45, 7) is 3.25. The van der Waals surface area contributed by atoms with Gasteiger partial charge < -0.3 is 4.42 Å². The van der Waals surface area contributed by atoms with Crippen molar-refractivity contribution in [3.05, 3.63) is 30.7 Å². The largest absolute Gasteiger partial charge is 0.432 e. The highest BCUT2D eigenvalue weighted by atomic mass is 16.3. The normalized spacial score (nSPS) is 8.73. The molecule has 1 aromatic heterocycles. The number of benzene rings is 1. The summed E-state index contributed by atoms with van der Waals surface area (Å²) in [6, 6.07) is 7.56. The van der Waals surface area contributed by atoms with Crippen molar-refractivity contribution >= 4 is 17.9 Å². The number of aromatic nitrogens is 1. The molecular weight excluding hydrogens is 142 g/mol. The molecule has 1 heterocycles. The molecule has 2 aromatic rings. The predicted molar refractivity (Wildman–Crippen MR) is 39.6 cm³/mol. The van der Waals surface area contributed by atoms with Crippen LogP contribution in [0.4, 0.5) is 0 Å². The van der Waals surface area contributed by atoms with Crippen LogP contribution >= 0.6 is 0 Å². The average molecular weight is 147 g/mol. The molecule has 0 spiro atoms. The third-order valence-corrected chi connectivity index (χ3v) is 1.19. The van der Waals surface area contributed by atoms with Crippen LogP contribution in [0.2, 0.25) is 0 Å². The highest BCUT2D eigenvalue weighted by Gasteiger charge is 1.92. The van der Waals surface area contributed by atoms with Crippen molar-refractivity contribution in [3.8, 4) is 0 Å². The Kier molecular flexibility index (Phi) is 2.38. The molecule has 0 aliphatic heterocycles. The van der Waals surface area contributed by atoms with Crippen molar-refractivity contribution in [2.24, 2.45) is 0 Å². The van der Waals surface area contributed by atoms with Crippen LogP contribution in [-0.4, -0.2) is 11.8 Å². The molecule has 0 amide bonds. The van der Waals surface area contributed by atoms with Crippen molar-refractivity contribution in [3.63, 3.8) is 0 Å². The van der Waals surface area contributed by atoms with Gasteiger partial charge in [-0.3, -0.25) is 4.79 Å². The number of carbonyl (C=O) groups excluding carboxylic acids is 1. The van der Waals surface area contributed by atoms with Crippen molar-refractivity contribution in [1.82, 2.24) is 4.98 Å². The zero-order valence-electron chi connectivity index (χ0n) is 5.65. The molecule has 3 heteroatoms. The van der Waals surface area contributed by atoms with E-state index in [2.05, 4.69) is 18.2 Å². The van der Waals surface area contributed by atoms with E-state index in [1.807, 2.05) is 24.3 Å². The third-order valence-electron chi connectivity index (χ3n) is 1.19. The SMILES string of the molecule is [CH]=O.[c]1nc2ccccc2o1. The van der Waals surface area contributed by atoms with Crippen molar-refractivity contribution < 1.29 is 9.21 Å². The van der Waals surface area contributed by atoms with Crippen LogP contribution in [0.15, 0.2) is 28.7 Å². The smallest absolute Gasteiger partial charge is 0.284 e. The highest BCUT2D eigenvalue weighted by Crippen LogP contribution is 2.08. The van der Waals surface area contributed by atoms with E-state index in [4.69, 9.17) is 9.21 Å². The minimum Gasteiger partial charge on any atom is -0.432 e. The van der Waals surface area contributed by atoms with Gasteiger partial charge in [-0.15, -0.1) is 0 Å². The number of rotatable bonds is 0. The van der Waals surface area contributed by atoms with E-state index in [1.165, 1.54) is 0 Å². The maximum atomic E-state index is 7.75. The average Bonchev–Trinajstić information content (AvgIpc) is 2.55. The molecule has 0 N–H and O–H groups in total. The van der Waals surface area contributed by atoms with Gasteiger partial charge in [-0.05, 0) is 12.1 Å². The zero-order valence-corrected chi connectivity index (χ0v) is 5.65. The molecule has 2 rings (SSSR count). The monoisotopic (exact) mass is 147 g/mol. The molecule has 0 aliphatic carbocycles. The molecule has 0 aliphatic rings. The second-order valence-electron chi connectivity index (χ2n) is 1.77. The second kappa shape index (κ2) is 3.51. The third kappa shape index (κ3) is 1.43. The quantitative estimate of drug-likeness (QED) is 0.528. The maximum absolute atomic E-state index is 7.75. The van der Waals surface area contributed by atoms with E-state index in [1.54, 1.807) is 0 Å². The molecule has 0 atom stereocenters. The topological polar surface area (TPSA) is 43.1 Å². The maximum Gasteiger partial charge on any atom is 0.284 e. The van der Waals surface area contributed by atoms with Crippen LogP contribution in [0, 0.1) is 6.39 Å². The Labute approximate surface area is 63.7 Å². The van der Waals surface area contributed by atoms with Gasteiger partial charge in [0.15, 0.2) is 12.4 Å². The molecule has 54 valence electrons. The van der Waals surface area contributed by atoms with Crippen LogP contribution < -0.4 is 0 Å². The molecule has 11 heavy (non-hydrogen) atoms. The van der Waals surface area contributed by atoms with Gasteiger partial charge in [0.1, 0.15) is 5.52 Å². The Morgan fingerprint density at radius 3 is 2.82 bits per heavy atom. The Morgan fingerprint density at radius 1 is 1.36 bits per heavy atom. The van der Waals surface area contributed by atoms with E-state index >= 15 is 0 Å². The first-order valence-corrected chi connectivity index (χ1v) is 2.92. The van der Waals surface area contributed by atoms with Gasteiger partial charge in [0.25, 0.3) is 6.39 Å². The summed E-state index contributed by atoms with van der Waals surface area (Å²) in [7, 11) is 0. The Balaban J connectivity index is 0.000000281. The lowest BCUT2D eigenvalue weighted by Crippen LogP contribution is -1.61. The molecule has 0 fully saturated rings. The number of fused-ring (bicyclic) bond motifs is 1. The summed E-state index contributed by atoms with van der Waals surface area (Å²) in [4.78, 5) is 11.6. The first kappa shape index (κ1) is 7.47. The number of nitrogens with zero attached hydrogens (tertiary/aromatic N) is 1. The van der Waals surface area contributed by atoms with Gasteiger partial charge in [-0.25, -0.2) is 4.98 Å². The van der Waals surface area contributed by atoms with E-state index in [0.29, 0.717) is 0 Å². The zero-order chi connectivity index (χ0) is 8.10. The van der Waals surface area contributed by atoms with Crippen molar-refractivity contribution in [2.75, 3.05) is 0 Å². The van der Waals surface area contributed by atoms with Crippen LogP contribution in [0.5, 0.6) is 0 Å². The van der Waals surface area contributed by atoms with Gasteiger partial charge >= 0.3 is 0 Å². The molecule has 0 saturated carbocycles. The van der Waals surface area contributed by atoms with Gasteiger partial charge in [-0.2, -0.15) is 0 Å². The van der Waals surface area contributed by atoms with E-state index in [9.17, 15) is 0 Å². The molecule has 0 saturated heterocycles. The number of hydrogen-bond acceptors (Lipinski definition) is 3. The number of para-hydroxylation sites is 2. The van der Waals surface area contributed by atoms with E-state index in [0.717, 1.165) is 11.1 Å². The molecular formula is C8H5NO2. The fourth-order valence-corrected chi connectivity index (χ4v) is 0.757. The lowest BCUT2D eigenvalue weighted by Gasteiger charge is -1.79. The Morgan fingerprint density at radius 2 is 2.09 bits per heavy atom. The molecule has 0 unspecified atom stereocenters. The summed E-state index contributed by atoms with van der Waals surface area (Å²) in [5.74, 6) is 0. The standard InChI is InChI=1S/C7H4NO.CHO/c1-2-4-7-6(3-1)8-5-9-7;1-2/h1-4H;1H. The minimum absolute atomic E-state index is 0.789. The first-order chi connectivity index (χ1) is 5.47. The van der Waals surface area contributed by atoms with Crippen LogP contribution in [0.1, 0.15) is 0 Å². The van der Waals surface area contributed by atoms with E-state index in [-0.39, 0.29) is 0 Å². The summed E-state index contributed by atoms with van der Waals surface area (Å²) >= 11 is 0. The molecule has 2 radical (unpaired) electrons. The van der Waals surface area contributed by atoms with Gasteiger partial charge in [-0.1, -0.05) is 12.1 Å². The second-order valence-corrected chi connectivity index (χ2v) is 1.77. The van der Waals surface area contributed by atoms with Crippen molar-refractivity contribution in [1.29, 1.82) is 0 Å². The lowest BCUT2D eigenvalue weighted by molar-refractivity contribution is 0.574. The Hall–Kier alpha value is -1.64. The van der Waals surface area contributed by atoms with Crippen LogP contribution in [-0.2, 0) is 4.79 Å². The van der Waals surface area contributed by atoms with Gasteiger partial charge in [0.2, 0.25) is 0 Å². The van der Waals surface area contributed by atoms with Crippen LogP contribution in [0.25, 0.3) is 11.1 Å². The fourth-order valence-electron chi connectivity index (χ4n) is 0.757. The van der Waals surface area contributed by atoms with E-state index < -0.39 is 0 Å². The summed E-state index contributed by atoms with van der Waals surface area (Å²) < 4.78 is 4.88.